The number of rotatable bonds is 2. The predicted octanol–water partition coefficient (Wildman–Crippen LogP) is 2.01. The standard InChI is InChI=1S/C14H17BFNO3/c1-13(2)14(3,4)20-15(19-13)10-6-9(8-17)11(16)7-12(10)18-5/h6-7H,1-5H3. The van der Waals surface area contributed by atoms with Gasteiger partial charge in [0, 0.05) is 11.5 Å². The first-order valence-corrected chi connectivity index (χ1v) is 6.35. The number of benzene rings is 1. The van der Waals surface area contributed by atoms with Gasteiger partial charge in [0.2, 0.25) is 0 Å². The smallest absolute Gasteiger partial charge is 0.497 e. The van der Waals surface area contributed by atoms with Crippen molar-refractivity contribution in [3.05, 3.63) is 23.5 Å². The van der Waals surface area contributed by atoms with Crippen LogP contribution in [0.4, 0.5) is 4.39 Å². The summed E-state index contributed by atoms with van der Waals surface area (Å²) in [5, 5.41) is 8.94. The van der Waals surface area contributed by atoms with E-state index in [2.05, 4.69) is 0 Å². The van der Waals surface area contributed by atoms with E-state index in [1.165, 1.54) is 19.2 Å². The topological polar surface area (TPSA) is 51.5 Å². The fourth-order valence-corrected chi connectivity index (χ4v) is 1.99. The van der Waals surface area contributed by atoms with Gasteiger partial charge in [-0.05, 0) is 33.8 Å². The SMILES string of the molecule is COc1cc(F)c(C#N)cc1B1OC(C)(C)C(C)(C)O1. The van der Waals surface area contributed by atoms with Crippen LogP contribution in [0.15, 0.2) is 12.1 Å². The minimum absolute atomic E-state index is 0.0597. The van der Waals surface area contributed by atoms with Crippen LogP contribution < -0.4 is 10.2 Å². The van der Waals surface area contributed by atoms with Crippen molar-refractivity contribution >= 4 is 12.6 Å². The Kier molecular flexibility index (Phi) is 3.53. The molecule has 106 valence electrons. The lowest BCUT2D eigenvalue weighted by molar-refractivity contribution is 0.00578. The first-order chi connectivity index (χ1) is 9.21. The van der Waals surface area contributed by atoms with E-state index in [9.17, 15) is 4.39 Å². The quantitative estimate of drug-likeness (QED) is 0.776. The van der Waals surface area contributed by atoms with E-state index in [1.54, 1.807) is 0 Å². The lowest BCUT2D eigenvalue weighted by Gasteiger charge is -2.32. The van der Waals surface area contributed by atoms with Crippen molar-refractivity contribution in [2.75, 3.05) is 7.11 Å². The summed E-state index contributed by atoms with van der Waals surface area (Å²) >= 11 is 0. The van der Waals surface area contributed by atoms with Gasteiger partial charge in [-0.3, -0.25) is 0 Å². The molecule has 0 N–H and O–H groups in total. The Hall–Kier alpha value is -1.58. The summed E-state index contributed by atoms with van der Waals surface area (Å²) in [6, 6.07) is 4.40. The van der Waals surface area contributed by atoms with Crippen LogP contribution in [0.3, 0.4) is 0 Å². The molecular formula is C14H17BFNO3. The molecule has 1 fully saturated rings. The van der Waals surface area contributed by atoms with Gasteiger partial charge in [0.25, 0.3) is 0 Å². The third kappa shape index (κ3) is 2.28. The van der Waals surface area contributed by atoms with Crippen LogP contribution in [-0.2, 0) is 9.31 Å². The first-order valence-electron chi connectivity index (χ1n) is 6.35. The Morgan fingerprint density at radius 1 is 1.20 bits per heavy atom. The average molecular weight is 277 g/mol. The largest absolute Gasteiger partial charge is 0.498 e. The molecule has 1 aromatic rings. The molecular weight excluding hydrogens is 260 g/mol. The molecule has 0 unspecified atom stereocenters. The van der Waals surface area contributed by atoms with Gasteiger partial charge in [-0.2, -0.15) is 5.26 Å². The fraction of sp³-hybridized carbons (Fsp3) is 0.500. The van der Waals surface area contributed by atoms with Crippen molar-refractivity contribution in [2.45, 2.75) is 38.9 Å². The minimum Gasteiger partial charge on any atom is -0.497 e. The van der Waals surface area contributed by atoms with E-state index in [0.717, 1.165) is 0 Å². The number of nitriles is 1. The number of ether oxygens (including phenoxy) is 1. The number of halogens is 1. The molecule has 2 rings (SSSR count). The molecule has 20 heavy (non-hydrogen) atoms. The highest BCUT2D eigenvalue weighted by Gasteiger charge is 2.52. The molecule has 0 spiro atoms. The van der Waals surface area contributed by atoms with Crippen molar-refractivity contribution < 1.29 is 18.4 Å². The van der Waals surface area contributed by atoms with E-state index in [4.69, 9.17) is 19.3 Å². The third-order valence-corrected chi connectivity index (χ3v) is 3.95. The third-order valence-electron chi connectivity index (χ3n) is 3.95. The Balaban J connectivity index is 2.47. The van der Waals surface area contributed by atoms with Gasteiger partial charge < -0.3 is 14.0 Å². The van der Waals surface area contributed by atoms with Crippen LogP contribution >= 0.6 is 0 Å². The highest BCUT2D eigenvalue weighted by Crippen LogP contribution is 2.37. The zero-order chi connectivity index (χ0) is 15.1. The van der Waals surface area contributed by atoms with E-state index >= 15 is 0 Å². The summed E-state index contributed by atoms with van der Waals surface area (Å²) in [7, 11) is 0.748. The van der Waals surface area contributed by atoms with Crippen LogP contribution in [-0.4, -0.2) is 25.4 Å². The molecule has 0 saturated carbocycles. The van der Waals surface area contributed by atoms with Gasteiger partial charge in [-0.25, -0.2) is 4.39 Å². The normalized spacial score (nSPS) is 19.8. The summed E-state index contributed by atoms with van der Waals surface area (Å²) in [6.07, 6.45) is 0. The van der Waals surface area contributed by atoms with Crippen molar-refractivity contribution in [3.63, 3.8) is 0 Å². The van der Waals surface area contributed by atoms with Crippen LogP contribution in [0.1, 0.15) is 33.3 Å². The summed E-state index contributed by atoms with van der Waals surface area (Å²) in [6.45, 7) is 7.70. The number of methoxy groups -OCH3 is 1. The van der Waals surface area contributed by atoms with Crippen LogP contribution in [0, 0.1) is 17.1 Å². The molecule has 1 aromatic carbocycles. The van der Waals surface area contributed by atoms with Crippen LogP contribution in [0.2, 0.25) is 0 Å². The molecule has 0 amide bonds. The Labute approximate surface area is 118 Å². The molecule has 0 bridgehead atoms. The van der Waals surface area contributed by atoms with Crippen molar-refractivity contribution in [3.8, 4) is 11.8 Å². The molecule has 0 radical (unpaired) electrons. The predicted molar refractivity (Wildman–Crippen MR) is 73.4 cm³/mol. The summed E-state index contributed by atoms with van der Waals surface area (Å²) in [4.78, 5) is 0. The Morgan fingerprint density at radius 2 is 1.75 bits per heavy atom. The van der Waals surface area contributed by atoms with Crippen molar-refractivity contribution in [1.29, 1.82) is 5.26 Å². The van der Waals surface area contributed by atoms with Crippen molar-refractivity contribution in [1.82, 2.24) is 0 Å². The molecule has 0 aromatic heterocycles. The Bertz CT molecular complexity index is 565. The fourth-order valence-electron chi connectivity index (χ4n) is 1.99. The second-order valence-electron chi connectivity index (χ2n) is 5.77. The summed E-state index contributed by atoms with van der Waals surface area (Å²) < 4.78 is 30.6. The maximum Gasteiger partial charge on any atom is 0.498 e. The van der Waals surface area contributed by atoms with Gasteiger partial charge in [0.1, 0.15) is 17.6 Å². The zero-order valence-electron chi connectivity index (χ0n) is 12.3. The van der Waals surface area contributed by atoms with Gasteiger partial charge in [-0.1, -0.05) is 0 Å². The van der Waals surface area contributed by atoms with Crippen LogP contribution in [0.5, 0.6) is 5.75 Å². The first kappa shape index (κ1) is 14.8. The molecule has 1 saturated heterocycles. The van der Waals surface area contributed by atoms with Crippen LogP contribution in [0.25, 0.3) is 0 Å². The average Bonchev–Trinajstić information content (AvgIpc) is 2.57. The highest BCUT2D eigenvalue weighted by molar-refractivity contribution is 6.63. The molecule has 4 nitrogen and oxygen atoms in total. The number of nitrogens with zero attached hydrogens (tertiary/aromatic N) is 1. The van der Waals surface area contributed by atoms with Gasteiger partial charge in [0.15, 0.2) is 0 Å². The second-order valence-corrected chi connectivity index (χ2v) is 5.77. The number of hydrogen-bond donors (Lipinski definition) is 0. The van der Waals surface area contributed by atoms with E-state index in [0.29, 0.717) is 11.2 Å². The maximum atomic E-state index is 13.6. The molecule has 6 heteroatoms. The van der Waals surface area contributed by atoms with E-state index in [-0.39, 0.29) is 5.56 Å². The van der Waals surface area contributed by atoms with Gasteiger partial charge in [-0.15, -0.1) is 0 Å². The van der Waals surface area contributed by atoms with Gasteiger partial charge in [0.05, 0.1) is 23.9 Å². The maximum absolute atomic E-state index is 13.6. The molecule has 1 heterocycles. The molecule has 0 aliphatic carbocycles. The summed E-state index contributed by atoms with van der Waals surface area (Å²) in [5.74, 6) is -0.315. The highest BCUT2D eigenvalue weighted by atomic mass is 19.1. The van der Waals surface area contributed by atoms with E-state index < -0.39 is 24.1 Å². The van der Waals surface area contributed by atoms with Crippen molar-refractivity contribution in [2.24, 2.45) is 0 Å². The Morgan fingerprint density at radius 3 is 2.20 bits per heavy atom. The molecule has 1 aliphatic heterocycles. The lowest BCUT2D eigenvalue weighted by atomic mass is 9.77. The van der Waals surface area contributed by atoms with E-state index in [1.807, 2.05) is 33.8 Å². The second kappa shape index (κ2) is 4.76. The monoisotopic (exact) mass is 277 g/mol. The summed E-state index contributed by atoms with van der Waals surface area (Å²) in [5.41, 5.74) is -0.562. The molecule has 0 atom stereocenters. The molecule has 1 aliphatic rings. The zero-order valence-corrected chi connectivity index (χ0v) is 12.3. The van der Waals surface area contributed by atoms with Gasteiger partial charge >= 0.3 is 7.12 Å². The number of hydrogen-bond acceptors (Lipinski definition) is 4. The lowest BCUT2D eigenvalue weighted by Crippen LogP contribution is -2.41. The minimum atomic E-state index is -0.692.